The van der Waals surface area contributed by atoms with E-state index in [1.54, 1.807) is 0 Å². The molecule has 2 aromatic heterocycles. The van der Waals surface area contributed by atoms with Crippen LogP contribution in [0.25, 0.3) is 16.9 Å². The standard InChI is InChI=1S/C15H15N3O/c1-10-3-8-14-16-11(2)15(18(14)17-10)13-6-4-12(9-19)5-7-13/h3-8,19H,9H2,1-2H3. The van der Waals surface area contributed by atoms with Crippen LogP contribution in [0.15, 0.2) is 36.4 Å². The maximum absolute atomic E-state index is 9.09. The Morgan fingerprint density at radius 3 is 2.47 bits per heavy atom. The number of hydrogen-bond donors (Lipinski definition) is 1. The first kappa shape index (κ1) is 11.9. The molecule has 0 bridgehead atoms. The highest BCUT2D eigenvalue weighted by atomic mass is 16.3. The number of fused-ring (bicyclic) bond motifs is 1. The van der Waals surface area contributed by atoms with E-state index in [1.165, 1.54) is 0 Å². The number of nitrogens with zero attached hydrogens (tertiary/aromatic N) is 3. The summed E-state index contributed by atoms with van der Waals surface area (Å²) in [4.78, 5) is 4.52. The molecule has 0 aliphatic heterocycles. The molecule has 3 rings (SSSR count). The lowest BCUT2D eigenvalue weighted by atomic mass is 10.1. The van der Waals surface area contributed by atoms with Gasteiger partial charge in [0.1, 0.15) is 0 Å². The molecule has 2 heterocycles. The van der Waals surface area contributed by atoms with Crippen LogP contribution in [-0.4, -0.2) is 19.7 Å². The quantitative estimate of drug-likeness (QED) is 0.763. The highest BCUT2D eigenvalue weighted by molar-refractivity contribution is 5.66. The third kappa shape index (κ3) is 2.00. The summed E-state index contributed by atoms with van der Waals surface area (Å²) in [5.74, 6) is 0. The monoisotopic (exact) mass is 253 g/mol. The fourth-order valence-electron chi connectivity index (χ4n) is 2.23. The SMILES string of the molecule is Cc1ccc2nc(C)c(-c3ccc(CO)cc3)n2n1. The minimum Gasteiger partial charge on any atom is -0.392 e. The second-order valence-electron chi connectivity index (χ2n) is 4.65. The van der Waals surface area contributed by atoms with Gasteiger partial charge in [0.25, 0.3) is 0 Å². The lowest BCUT2D eigenvalue weighted by molar-refractivity contribution is 0.282. The molecule has 0 saturated carbocycles. The first-order valence-corrected chi connectivity index (χ1v) is 6.22. The van der Waals surface area contributed by atoms with Crippen molar-refractivity contribution in [3.8, 4) is 11.3 Å². The molecule has 0 spiro atoms. The number of aliphatic hydroxyl groups excluding tert-OH is 1. The molecule has 0 fully saturated rings. The molecule has 0 radical (unpaired) electrons. The molecule has 0 amide bonds. The average Bonchev–Trinajstić information content (AvgIpc) is 2.74. The summed E-state index contributed by atoms with van der Waals surface area (Å²) in [6, 6.07) is 11.8. The summed E-state index contributed by atoms with van der Waals surface area (Å²) >= 11 is 0. The topological polar surface area (TPSA) is 50.4 Å². The highest BCUT2D eigenvalue weighted by Gasteiger charge is 2.11. The maximum atomic E-state index is 9.09. The van der Waals surface area contributed by atoms with Gasteiger partial charge in [-0.25, -0.2) is 9.50 Å². The Balaban J connectivity index is 2.22. The van der Waals surface area contributed by atoms with Gasteiger partial charge in [0.05, 0.1) is 23.7 Å². The molecule has 0 aliphatic rings. The zero-order valence-corrected chi connectivity index (χ0v) is 11.0. The molecule has 0 saturated heterocycles. The van der Waals surface area contributed by atoms with Crippen LogP contribution in [0.5, 0.6) is 0 Å². The molecule has 3 aromatic rings. The molecule has 0 atom stereocenters. The Labute approximate surface area is 111 Å². The van der Waals surface area contributed by atoms with Gasteiger partial charge in [-0.05, 0) is 31.5 Å². The van der Waals surface area contributed by atoms with Gasteiger partial charge in [0.15, 0.2) is 5.65 Å². The van der Waals surface area contributed by atoms with Gasteiger partial charge >= 0.3 is 0 Å². The number of aromatic nitrogens is 3. The number of aliphatic hydroxyl groups is 1. The predicted molar refractivity (Wildman–Crippen MR) is 73.8 cm³/mol. The van der Waals surface area contributed by atoms with Crippen molar-refractivity contribution in [1.82, 2.24) is 14.6 Å². The van der Waals surface area contributed by atoms with Gasteiger partial charge in [0, 0.05) is 5.56 Å². The fourth-order valence-corrected chi connectivity index (χ4v) is 2.23. The summed E-state index contributed by atoms with van der Waals surface area (Å²) in [6.45, 7) is 4.01. The third-order valence-corrected chi connectivity index (χ3v) is 3.20. The lowest BCUT2D eigenvalue weighted by Crippen LogP contribution is -1.96. The first-order chi connectivity index (χ1) is 9.19. The minimum absolute atomic E-state index is 0.0593. The van der Waals surface area contributed by atoms with Crippen molar-refractivity contribution in [3.63, 3.8) is 0 Å². The predicted octanol–water partition coefficient (Wildman–Crippen LogP) is 2.51. The molecular formula is C15H15N3O. The van der Waals surface area contributed by atoms with Crippen LogP contribution in [0.4, 0.5) is 0 Å². The van der Waals surface area contributed by atoms with Crippen LogP contribution < -0.4 is 0 Å². The van der Waals surface area contributed by atoms with Gasteiger partial charge in [-0.15, -0.1) is 0 Å². The summed E-state index contributed by atoms with van der Waals surface area (Å²) in [7, 11) is 0. The van der Waals surface area contributed by atoms with Crippen LogP contribution in [0.2, 0.25) is 0 Å². The normalized spacial score (nSPS) is 11.1. The number of hydrogen-bond acceptors (Lipinski definition) is 3. The summed E-state index contributed by atoms with van der Waals surface area (Å²) in [5, 5.41) is 13.6. The summed E-state index contributed by atoms with van der Waals surface area (Å²) < 4.78 is 1.87. The van der Waals surface area contributed by atoms with E-state index >= 15 is 0 Å². The van der Waals surface area contributed by atoms with Gasteiger partial charge in [0.2, 0.25) is 0 Å². The smallest absolute Gasteiger partial charge is 0.154 e. The molecular weight excluding hydrogens is 238 g/mol. The van der Waals surface area contributed by atoms with E-state index in [1.807, 2.05) is 54.8 Å². The highest BCUT2D eigenvalue weighted by Crippen LogP contribution is 2.24. The molecule has 0 unspecified atom stereocenters. The van der Waals surface area contributed by atoms with E-state index in [4.69, 9.17) is 5.11 Å². The van der Waals surface area contributed by atoms with E-state index in [2.05, 4.69) is 10.1 Å². The third-order valence-electron chi connectivity index (χ3n) is 3.20. The molecule has 19 heavy (non-hydrogen) atoms. The van der Waals surface area contributed by atoms with E-state index in [0.717, 1.165) is 33.9 Å². The van der Waals surface area contributed by atoms with Crippen LogP contribution in [0, 0.1) is 13.8 Å². The van der Waals surface area contributed by atoms with Crippen molar-refractivity contribution < 1.29 is 5.11 Å². The van der Waals surface area contributed by atoms with E-state index in [9.17, 15) is 0 Å². The molecule has 1 aromatic carbocycles. The van der Waals surface area contributed by atoms with Crippen LogP contribution >= 0.6 is 0 Å². The number of rotatable bonds is 2. The minimum atomic E-state index is 0.0593. The number of imidazole rings is 1. The fraction of sp³-hybridized carbons (Fsp3) is 0.200. The molecule has 1 N–H and O–H groups in total. The van der Waals surface area contributed by atoms with Gasteiger partial charge in [-0.3, -0.25) is 0 Å². The van der Waals surface area contributed by atoms with Crippen LogP contribution in [-0.2, 0) is 6.61 Å². The van der Waals surface area contributed by atoms with Gasteiger partial charge in [-0.1, -0.05) is 24.3 Å². The zero-order valence-electron chi connectivity index (χ0n) is 11.0. The number of benzene rings is 1. The van der Waals surface area contributed by atoms with Crippen molar-refractivity contribution in [1.29, 1.82) is 0 Å². The van der Waals surface area contributed by atoms with E-state index < -0.39 is 0 Å². The molecule has 96 valence electrons. The van der Waals surface area contributed by atoms with Crippen LogP contribution in [0.1, 0.15) is 17.0 Å². The summed E-state index contributed by atoms with van der Waals surface area (Å²) in [6.07, 6.45) is 0. The average molecular weight is 253 g/mol. The lowest BCUT2D eigenvalue weighted by Gasteiger charge is -2.04. The zero-order chi connectivity index (χ0) is 13.4. The Hall–Kier alpha value is -2.20. The van der Waals surface area contributed by atoms with Crippen LogP contribution in [0.3, 0.4) is 0 Å². The molecule has 4 heteroatoms. The van der Waals surface area contributed by atoms with E-state index in [0.29, 0.717) is 0 Å². The van der Waals surface area contributed by atoms with E-state index in [-0.39, 0.29) is 6.61 Å². The van der Waals surface area contributed by atoms with Crippen molar-refractivity contribution in [3.05, 3.63) is 53.3 Å². The maximum Gasteiger partial charge on any atom is 0.154 e. The largest absolute Gasteiger partial charge is 0.392 e. The Morgan fingerprint density at radius 1 is 1.05 bits per heavy atom. The summed E-state index contributed by atoms with van der Waals surface area (Å²) in [5.41, 5.74) is 5.72. The Kier molecular flexibility index (Phi) is 2.80. The van der Waals surface area contributed by atoms with Gasteiger partial charge in [-0.2, -0.15) is 5.10 Å². The molecule has 4 nitrogen and oxygen atoms in total. The van der Waals surface area contributed by atoms with Crippen molar-refractivity contribution in [2.45, 2.75) is 20.5 Å². The van der Waals surface area contributed by atoms with Crippen molar-refractivity contribution in [2.24, 2.45) is 0 Å². The Morgan fingerprint density at radius 2 is 1.79 bits per heavy atom. The number of aryl methyl sites for hydroxylation is 2. The second-order valence-corrected chi connectivity index (χ2v) is 4.65. The second kappa shape index (κ2) is 4.48. The first-order valence-electron chi connectivity index (χ1n) is 6.22. The van der Waals surface area contributed by atoms with Crippen molar-refractivity contribution >= 4 is 5.65 Å². The van der Waals surface area contributed by atoms with Gasteiger partial charge < -0.3 is 5.11 Å². The van der Waals surface area contributed by atoms with Crippen molar-refractivity contribution in [2.75, 3.05) is 0 Å². The molecule has 0 aliphatic carbocycles. The Bertz CT molecular complexity index is 729.